The number of esters is 1. The monoisotopic (exact) mass is 520 g/mol. The van der Waals surface area contributed by atoms with Gasteiger partial charge in [-0.25, -0.2) is 10.3 Å². The smallest absolute Gasteiger partial charge is 0.429 e. The van der Waals surface area contributed by atoms with E-state index in [2.05, 4.69) is 15.0 Å². The Balaban J connectivity index is 2.36. The van der Waals surface area contributed by atoms with Gasteiger partial charge in [-0.3, -0.25) is 15.0 Å². The van der Waals surface area contributed by atoms with E-state index < -0.39 is 41.2 Å². The van der Waals surface area contributed by atoms with E-state index in [1.807, 2.05) is 20.8 Å². The number of rotatable bonds is 7. The average Bonchev–Trinajstić information content (AvgIpc) is 2.77. The van der Waals surface area contributed by atoms with Gasteiger partial charge in [0.05, 0.1) is 12.7 Å². The number of benzene rings is 1. The lowest BCUT2D eigenvalue weighted by Gasteiger charge is -2.31. The third kappa shape index (κ3) is 7.25. The van der Waals surface area contributed by atoms with E-state index in [-0.39, 0.29) is 36.7 Å². The Labute approximate surface area is 205 Å². The van der Waals surface area contributed by atoms with Crippen LogP contribution in [0.3, 0.4) is 0 Å². The number of hydroxylamine groups is 1. The predicted molar refractivity (Wildman–Crippen MR) is 123 cm³/mol. The van der Waals surface area contributed by atoms with Crippen LogP contribution < -0.4 is 21.3 Å². The molecule has 194 valence electrons. The first-order chi connectivity index (χ1) is 16.2. The van der Waals surface area contributed by atoms with Gasteiger partial charge in [0, 0.05) is 17.1 Å². The van der Waals surface area contributed by atoms with Crippen molar-refractivity contribution in [3.05, 3.63) is 33.9 Å². The van der Waals surface area contributed by atoms with Crippen molar-refractivity contribution in [3.8, 4) is 5.75 Å². The van der Waals surface area contributed by atoms with Crippen LogP contribution in [0.2, 0.25) is 5.02 Å². The van der Waals surface area contributed by atoms with Gasteiger partial charge >= 0.3 is 12.1 Å². The lowest BCUT2D eigenvalue weighted by Crippen LogP contribution is -2.48. The number of hydrogen-bond donors (Lipinski definition) is 4. The summed E-state index contributed by atoms with van der Waals surface area (Å²) in [5.74, 6) is -2.32. The van der Waals surface area contributed by atoms with Gasteiger partial charge in [-0.15, -0.1) is 0 Å². The molecule has 35 heavy (non-hydrogen) atoms. The van der Waals surface area contributed by atoms with Gasteiger partial charge in [-0.05, 0) is 42.0 Å². The molecule has 5 N–H and O–H groups in total. The minimum Gasteiger partial charge on any atom is -0.475 e. The Kier molecular flexibility index (Phi) is 9.01. The third-order valence-electron chi connectivity index (χ3n) is 5.14. The number of halogens is 4. The standard InChI is InChI=1S/C22H28ClF3N4O5/c1-21(2,3)13-10-16-11(9-14(13)23)8-12(17(35-16)22(24,25)26)18(31)29-15(19(32)34-4)6-5-7-28-20(27)30-33/h8-10,15,17,33H,5-7H2,1-4H3,(H,29,31)(H3,27,28,30)/t15?,17-/m0/s1. The van der Waals surface area contributed by atoms with Crippen LogP contribution >= 0.6 is 11.6 Å². The van der Waals surface area contributed by atoms with Crippen LogP contribution in [-0.2, 0) is 19.7 Å². The Morgan fingerprint density at radius 1 is 1.31 bits per heavy atom. The first-order valence-electron chi connectivity index (χ1n) is 10.6. The number of carbonyl (C=O) groups is 2. The molecule has 1 amide bonds. The van der Waals surface area contributed by atoms with E-state index in [1.54, 1.807) is 5.48 Å². The second-order valence-corrected chi connectivity index (χ2v) is 9.24. The number of aliphatic imine (C=N–C) groups is 1. The minimum absolute atomic E-state index is 0.0111. The Hall–Kier alpha value is -2.99. The summed E-state index contributed by atoms with van der Waals surface area (Å²) in [4.78, 5) is 28.8. The first kappa shape index (κ1) is 28.2. The summed E-state index contributed by atoms with van der Waals surface area (Å²) in [5, 5.41) is 11.2. The Morgan fingerprint density at radius 2 is 1.97 bits per heavy atom. The number of hydrogen-bond acceptors (Lipinski definition) is 6. The maximum atomic E-state index is 13.9. The fraction of sp³-hybridized carbons (Fsp3) is 0.500. The molecule has 0 fully saturated rings. The summed E-state index contributed by atoms with van der Waals surface area (Å²) >= 11 is 6.34. The molecule has 0 saturated carbocycles. The van der Waals surface area contributed by atoms with Gasteiger partial charge < -0.3 is 20.5 Å². The summed E-state index contributed by atoms with van der Waals surface area (Å²) in [6.07, 6.45) is -6.22. The normalized spacial score (nSPS) is 17.0. The molecule has 0 aromatic heterocycles. The number of fused-ring (bicyclic) bond motifs is 1. The van der Waals surface area contributed by atoms with E-state index in [1.165, 1.54) is 12.1 Å². The number of carbonyl (C=O) groups excluding carboxylic acids is 2. The van der Waals surface area contributed by atoms with Crippen LogP contribution in [0.25, 0.3) is 6.08 Å². The Bertz CT molecular complexity index is 1020. The minimum atomic E-state index is -4.91. The zero-order chi connectivity index (χ0) is 26.6. The maximum absolute atomic E-state index is 13.9. The van der Waals surface area contributed by atoms with Crippen LogP contribution in [-0.4, -0.2) is 55.0 Å². The summed E-state index contributed by atoms with van der Waals surface area (Å²) in [7, 11) is 1.08. The number of nitrogens with two attached hydrogens (primary N) is 1. The fourth-order valence-corrected chi connectivity index (χ4v) is 3.84. The van der Waals surface area contributed by atoms with E-state index in [0.29, 0.717) is 10.6 Å². The van der Waals surface area contributed by atoms with Crippen LogP contribution in [0.1, 0.15) is 44.7 Å². The molecule has 1 aliphatic rings. The summed E-state index contributed by atoms with van der Waals surface area (Å²) in [6.45, 7) is 5.63. The van der Waals surface area contributed by atoms with E-state index in [0.717, 1.165) is 13.2 Å². The van der Waals surface area contributed by atoms with Crippen LogP contribution in [0.15, 0.2) is 22.7 Å². The lowest BCUT2D eigenvalue weighted by molar-refractivity contribution is -0.185. The zero-order valence-corrected chi connectivity index (χ0v) is 20.4. The molecule has 1 aliphatic heterocycles. The van der Waals surface area contributed by atoms with Gasteiger partial charge in [0.25, 0.3) is 5.91 Å². The molecule has 0 saturated heterocycles. The average molecular weight is 521 g/mol. The second-order valence-electron chi connectivity index (χ2n) is 8.83. The van der Waals surface area contributed by atoms with Gasteiger partial charge in [-0.2, -0.15) is 13.2 Å². The highest BCUT2D eigenvalue weighted by Crippen LogP contribution is 2.42. The lowest BCUT2D eigenvalue weighted by atomic mass is 9.85. The number of alkyl halides is 3. The van der Waals surface area contributed by atoms with Crippen LogP contribution in [0.5, 0.6) is 5.75 Å². The van der Waals surface area contributed by atoms with Crippen molar-refractivity contribution >= 4 is 35.5 Å². The molecule has 0 radical (unpaired) electrons. The number of amides is 1. The predicted octanol–water partition coefficient (Wildman–Crippen LogP) is 3.08. The zero-order valence-electron chi connectivity index (χ0n) is 19.6. The van der Waals surface area contributed by atoms with Crippen LogP contribution in [0.4, 0.5) is 13.2 Å². The SMILES string of the molecule is COC(=O)C(CCCN=C(N)NO)NC(=O)C1=Cc2cc(Cl)c(C(C)(C)C)cc2O[C@@H]1C(F)(F)F. The molecule has 1 unspecified atom stereocenters. The highest BCUT2D eigenvalue weighted by molar-refractivity contribution is 6.31. The van der Waals surface area contributed by atoms with Crippen molar-refractivity contribution in [3.63, 3.8) is 0 Å². The molecular formula is C22H28ClF3N4O5. The van der Waals surface area contributed by atoms with Crippen molar-refractivity contribution in [2.75, 3.05) is 13.7 Å². The summed E-state index contributed by atoms with van der Waals surface area (Å²) < 4.78 is 51.5. The highest BCUT2D eigenvalue weighted by Gasteiger charge is 2.48. The quantitative estimate of drug-likeness (QED) is 0.143. The van der Waals surface area contributed by atoms with E-state index >= 15 is 0 Å². The molecule has 0 aliphatic carbocycles. The number of nitrogens with one attached hydrogen (secondary N) is 2. The van der Waals surface area contributed by atoms with Gasteiger partial charge in [0.15, 0.2) is 0 Å². The van der Waals surface area contributed by atoms with Crippen molar-refractivity contribution in [2.24, 2.45) is 10.7 Å². The molecule has 13 heteroatoms. The van der Waals surface area contributed by atoms with Crippen molar-refractivity contribution in [1.82, 2.24) is 10.8 Å². The van der Waals surface area contributed by atoms with Gasteiger partial charge in [0.2, 0.25) is 12.1 Å². The molecule has 0 bridgehead atoms. The molecule has 1 heterocycles. The molecule has 9 nitrogen and oxygen atoms in total. The summed E-state index contributed by atoms with van der Waals surface area (Å²) in [5.41, 5.74) is 6.51. The van der Waals surface area contributed by atoms with Crippen LogP contribution in [0, 0.1) is 0 Å². The molecule has 0 spiro atoms. The molecule has 1 aromatic rings. The maximum Gasteiger partial charge on any atom is 0.429 e. The van der Waals surface area contributed by atoms with Crippen molar-refractivity contribution in [2.45, 2.75) is 57.3 Å². The molecule has 2 atom stereocenters. The molecular weight excluding hydrogens is 493 g/mol. The number of nitrogens with zero attached hydrogens (tertiary/aromatic N) is 1. The highest BCUT2D eigenvalue weighted by atomic mass is 35.5. The third-order valence-corrected chi connectivity index (χ3v) is 5.46. The Morgan fingerprint density at radius 3 is 2.51 bits per heavy atom. The molecule has 2 rings (SSSR count). The van der Waals surface area contributed by atoms with Crippen molar-refractivity contribution in [1.29, 1.82) is 0 Å². The van der Waals surface area contributed by atoms with E-state index in [4.69, 9.17) is 27.3 Å². The second kappa shape index (κ2) is 11.2. The van der Waals surface area contributed by atoms with E-state index in [9.17, 15) is 22.8 Å². The van der Waals surface area contributed by atoms with Gasteiger partial charge in [0.1, 0.15) is 11.8 Å². The van der Waals surface area contributed by atoms with Crippen molar-refractivity contribution < 1.29 is 37.4 Å². The first-order valence-corrected chi connectivity index (χ1v) is 10.9. The van der Waals surface area contributed by atoms with Gasteiger partial charge in [-0.1, -0.05) is 32.4 Å². The topological polar surface area (TPSA) is 135 Å². The molecule has 1 aromatic carbocycles. The number of guanidine groups is 1. The summed E-state index contributed by atoms with van der Waals surface area (Å²) in [6, 6.07) is 1.62. The number of ether oxygens (including phenoxy) is 2. The largest absolute Gasteiger partial charge is 0.475 e. The number of methoxy groups -OCH3 is 1. The fourth-order valence-electron chi connectivity index (χ4n) is 3.38.